The highest BCUT2D eigenvalue weighted by molar-refractivity contribution is 7.90. The summed E-state index contributed by atoms with van der Waals surface area (Å²) in [6.45, 7) is 9.88. The number of hydrogen-bond donors (Lipinski definition) is 3. The number of ether oxygens (including phenoxy) is 2. The van der Waals surface area contributed by atoms with Crippen LogP contribution in [0.5, 0.6) is 0 Å². The second kappa shape index (κ2) is 16.3. The number of aryl methyl sites for hydroxylation is 1. The summed E-state index contributed by atoms with van der Waals surface area (Å²) in [6, 6.07) is 2.65. The third-order valence-electron chi connectivity index (χ3n) is 12.4. The van der Waals surface area contributed by atoms with Crippen molar-refractivity contribution in [2.45, 2.75) is 154 Å². The summed E-state index contributed by atoms with van der Waals surface area (Å²) in [7, 11) is -3.89. The van der Waals surface area contributed by atoms with Crippen LogP contribution in [0.1, 0.15) is 122 Å². The summed E-state index contributed by atoms with van der Waals surface area (Å²) in [5.74, 6) is -2.54. The highest BCUT2D eigenvalue weighted by Gasteiger charge is 2.48. The molecule has 304 valence electrons. The first-order valence-corrected chi connectivity index (χ1v) is 21.7. The zero-order valence-electron chi connectivity index (χ0n) is 33.0. The Bertz CT molecular complexity index is 1750. The molecule has 1 unspecified atom stereocenters. The number of nitrogens with zero attached hydrogens (tertiary/aromatic N) is 2. The lowest BCUT2D eigenvalue weighted by Crippen LogP contribution is -2.60. The van der Waals surface area contributed by atoms with Gasteiger partial charge in [-0.15, -0.1) is 0 Å². The van der Waals surface area contributed by atoms with E-state index in [0.29, 0.717) is 32.4 Å². The average molecular weight is 786 g/mol. The molecule has 55 heavy (non-hydrogen) atoms. The lowest BCUT2D eigenvalue weighted by Gasteiger charge is -2.36. The largest absolute Gasteiger partial charge is 0.449 e. The number of sulfonamides is 1. The van der Waals surface area contributed by atoms with Crippen LogP contribution in [0.25, 0.3) is 0 Å². The Kier molecular flexibility index (Phi) is 12.1. The molecule has 3 N–H and O–H groups in total. The average Bonchev–Trinajstić information content (AvgIpc) is 3.54. The predicted octanol–water partition coefficient (Wildman–Crippen LogP) is 4.68. The van der Waals surface area contributed by atoms with E-state index in [4.69, 9.17) is 9.47 Å². The topological polar surface area (TPSA) is 181 Å². The van der Waals surface area contributed by atoms with Crippen LogP contribution in [0.4, 0.5) is 9.59 Å². The Morgan fingerprint density at radius 1 is 1.02 bits per heavy atom. The molecule has 1 saturated heterocycles. The Balaban J connectivity index is 1.28. The molecule has 15 heteroatoms. The van der Waals surface area contributed by atoms with Gasteiger partial charge in [-0.05, 0) is 73.0 Å². The summed E-state index contributed by atoms with van der Waals surface area (Å²) in [5, 5.41) is 4.92. The number of alkyl carbamates (subject to hydrolysis) is 1. The van der Waals surface area contributed by atoms with Gasteiger partial charge in [-0.2, -0.15) is 0 Å². The lowest BCUT2D eigenvalue weighted by molar-refractivity contribution is -0.142. The second-order valence-electron chi connectivity index (χ2n) is 17.7. The smallest absolute Gasteiger partial charge is 0.410 e. The first kappa shape index (κ1) is 40.8. The minimum absolute atomic E-state index is 0.0611. The molecular formula is C40H59N5O9S. The molecule has 3 aliphatic heterocycles. The highest BCUT2D eigenvalue weighted by Crippen LogP contribution is 2.43. The molecule has 2 aliphatic carbocycles. The van der Waals surface area contributed by atoms with E-state index < -0.39 is 80.7 Å². The Morgan fingerprint density at radius 3 is 2.35 bits per heavy atom. The van der Waals surface area contributed by atoms with E-state index in [-0.39, 0.29) is 25.0 Å². The zero-order valence-corrected chi connectivity index (χ0v) is 33.8. The van der Waals surface area contributed by atoms with Gasteiger partial charge in [0.15, 0.2) is 0 Å². The van der Waals surface area contributed by atoms with Crippen LogP contribution in [0.2, 0.25) is 0 Å². The number of rotatable bonds is 7. The van der Waals surface area contributed by atoms with Gasteiger partial charge in [-0.1, -0.05) is 78.5 Å². The number of carbonyl (C=O) groups excluding carboxylic acids is 5. The molecule has 1 aromatic carbocycles. The van der Waals surface area contributed by atoms with Gasteiger partial charge in [0.05, 0.1) is 18.4 Å². The molecule has 14 nitrogen and oxygen atoms in total. The van der Waals surface area contributed by atoms with Crippen molar-refractivity contribution in [3.8, 4) is 0 Å². The normalized spacial score (nSPS) is 26.1. The van der Waals surface area contributed by atoms with Gasteiger partial charge < -0.3 is 25.0 Å². The van der Waals surface area contributed by atoms with Crippen LogP contribution in [-0.2, 0) is 53.4 Å². The van der Waals surface area contributed by atoms with Crippen molar-refractivity contribution in [1.29, 1.82) is 0 Å². The minimum Gasteiger partial charge on any atom is -0.449 e. The number of amides is 5. The van der Waals surface area contributed by atoms with Crippen molar-refractivity contribution in [3.63, 3.8) is 0 Å². The van der Waals surface area contributed by atoms with Crippen LogP contribution in [0.15, 0.2) is 18.2 Å². The van der Waals surface area contributed by atoms with E-state index in [2.05, 4.69) is 21.4 Å². The van der Waals surface area contributed by atoms with Gasteiger partial charge >= 0.3 is 12.2 Å². The quantitative estimate of drug-likeness (QED) is 0.354. The number of benzene rings is 1. The molecule has 6 rings (SSSR count). The number of cyclic esters (lactones) is 1. The van der Waals surface area contributed by atoms with Gasteiger partial charge in [-0.25, -0.2) is 18.0 Å². The number of fused-ring (bicyclic) bond motifs is 3. The first-order chi connectivity index (χ1) is 26.0. The number of hydrogen-bond acceptors (Lipinski definition) is 9. The number of carbonyl (C=O) groups is 5. The van der Waals surface area contributed by atoms with Gasteiger partial charge in [0.25, 0.3) is 5.91 Å². The molecule has 1 spiro atoms. The third kappa shape index (κ3) is 9.40. The van der Waals surface area contributed by atoms with Crippen molar-refractivity contribution >= 4 is 39.9 Å². The Labute approximate surface area is 325 Å². The van der Waals surface area contributed by atoms with Crippen molar-refractivity contribution in [3.05, 3.63) is 34.9 Å². The SMILES string of the molecule is CC[C@H](C)C(NC(=O)[C@@H]1C[C@@H]2CN1C(=O)[C@H](C(C)(C)C)NC(=O)OCC1(CCCCc3cccc4c3CN(C4)C(=O)O2)CCCC1)C(=O)NS(=O)(=O)C1CC1. The maximum atomic E-state index is 14.6. The summed E-state index contributed by atoms with van der Waals surface area (Å²) in [4.78, 5) is 72.4. The van der Waals surface area contributed by atoms with E-state index in [9.17, 15) is 32.4 Å². The van der Waals surface area contributed by atoms with E-state index in [1.165, 1.54) is 10.5 Å². The monoisotopic (exact) mass is 785 g/mol. The van der Waals surface area contributed by atoms with Crippen molar-refractivity contribution in [2.24, 2.45) is 16.7 Å². The van der Waals surface area contributed by atoms with E-state index in [1.54, 1.807) is 32.6 Å². The Hall–Kier alpha value is -3.88. The summed E-state index contributed by atoms with van der Waals surface area (Å²) < 4.78 is 39.4. The zero-order chi connectivity index (χ0) is 39.7. The molecule has 5 aliphatic rings. The molecule has 3 heterocycles. The fraction of sp³-hybridized carbons (Fsp3) is 0.725. The molecule has 4 bridgehead atoms. The fourth-order valence-corrected chi connectivity index (χ4v) is 9.99. The van der Waals surface area contributed by atoms with Crippen molar-refractivity contribution < 1.29 is 41.9 Å². The number of nitrogens with one attached hydrogen (secondary N) is 3. The molecule has 3 fully saturated rings. The molecule has 0 radical (unpaired) electrons. The summed E-state index contributed by atoms with van der Waals surface area (Å²) >= 11 is 0. The first-order valence-electron chi connectivity index (χ1n) is 20.1. The third-order valence-corrected chi connectivity index (χ3v) is 14.2. The van der Waals surface area contributed by atoms with Gasteiger partial charge in [0, 0.05) is 24.9 Å². The maximum Gasteiger partial charge on any atom is 0.410 e. The van der Waals surface area contributed by atoms with Crippen LogP contribution in [0, 0.1) is 16.7 Å². The van der Waals surface area contributed by atoms with E-state index >= 15 is 0 Å². The fourth-order valence-electron chi connectivity index (χ4n) is 8.66. The molecule has 5 atom stereocenters. The van der Waals surface area contributed by atoms with E-state index in [1.807, 2.05) is 19.1 Å². The highest BCUT2D eigenvalue weighted by atomic mass is 32.2. The molecule has 1 aromatic rings. The molecule has 5 amide bonds. The van der Waals surface area contributed by atoms with Gasteiger partial charge in [0.2, 0.25) is 21.8 Å². The predicted molar refractivity (Wildman–Crippen MR) is 204 cm³/mol. The van der Waals surface area contributed by atoms with Gasteiger partial charge in [-0.3, -0.25) is 24.0 Å². The van der Waals surface area contributed by atoms with Crippen LogP contribution in [0.3, 0.4) is 0 Å². The molecule has 2 saturated carbocycles. The van der Waals surface area contributed by atoms with Crippen molar-refractivity contribution in [2.75, 3.05) is 13.2 Å². The van der Waals surface area contributed by atoms with Crippen LogP contribution in [-0.4, -0.2) is 90.8 Å². The van der Waals surface area contributed by atoms with E-state index in [0.717, 1.165) is 62.5 Å². The van der Waals surface area contributed by atoms with Crippen LogP contribution >= 0.6 is 0 Å². The summed E-state index contributed by atoms with van der Waals surface area (Å²) in [5.41, 5.74) is 2.45. The van der Waals surface area contributed by atoms with Gasteiger partial charge in [0.1, 0.15) is 24.2 Å². The Morgan fingerprint density at radius 2 is 1.69 bits per heavy atom. The molecule has 0 aromatic heterocycles. The minimum atomic E-state index is -3.89. The summed E-state index contributed by atoms with van der Waals surface area (Å²) in [6.07, 6.45) is 6.97. The second-order valence-corrected chi connectivity index (χ2v) is 19.6. The van der Waals surface area contributed by atoms with Crippen molar-refractivity contribution in [1.82, 2.24) is 25.2 Å². The standard InChI is InChI=1S/C40H59N5O9S/c1-6-25(2)32(35(47)43-55(51,52)29-15-16-29)41-34(46)31-20-28-22-45(31)36(48)33(39(3,4)5)42-37(49)53-24-40(18-9-10-19-40)17-8-7-12-26-13-11-14-27-21-44(23-30(26)27)38(50)54-28/h11,13-14,25,28-29,31-33H,6-10,12,15-24H2,1-5H3,(H,41,46)(H,42,49)(H,43,47)/t25-,28+,31-,32?,33+/m0/s1. The maximum absolute atomic E-state index is 14.6. The lowest BCUT2D eigenvalue weighted by atomic mass is 9.81. The molecular weight excluding hydrogens is 727 g/mol. The van der Waals surface area contributed by atoms with Crippen LogP contribution < -0.4 is 15.4 Å².